The van der Waals surface area contributed by atoms with Gasteiger partial charge < -0.3 is 4.90 Å². The first-order chi connectivity index (χ1) is 14.9. The van der Waals surface area contributed by atoms with Gasteiger partial charge in [0.05, 0.1) is 0 Å². The quantitative estimate of drug-likeness (QED) is 0.678. The minimum absolute atomic E-state index is 0.263. The van der Waals surface area contributed by atoms with Gasteiger partial charge in [-0.2, -0.15) is 10.1 Å². The molecule has 0 bridgehead atoms. The molecule has 8 heteroatoms. The Kier molecular flexibility index (Phi) is 4.89. The Hall–Kier alpha value is -3.00. The highest BCUT2D eigenvalue weighted by Crippen LogP contribution is 2.27. The standard InChI is InChI=1S/C23H24N4O3S/c1-15(22(28)27-12-11-17-5-2-3-6-20(17)14-27)31(29,30)23-24-21(25-26-23)19-10-9-16-7-4-8-18(16)13-19/h2-3,5-6,9-10,13,15H,4,7-8,11-12,14H2,1H3,(H,24,25,26). The number of nitrogens with zero attached hydrogens (tertiary/aromatic N) is 3. The van der Waals surface area contributed by atoms with E-state index in [0.717, 1.165) is 36.8 Å². The fraction of sp³-hybridized carbons (Fsp3) is 0.348. The first kappa shape index (κ1) is 19.9. The molecule has 1 aliphatic carbocycles. The van der Waals surface area contributed by atoms with Gasteiger partial charge in [-0.05, 0) is 60.9 Å². The van der Waals surface area contributed by atoms with Crippen LogP contribution in [-0.4, -0.2) is 46.2 Å². The van der Waals surface area contributed by atoms with Gasteiger partial charge in [-0.15, -0.1) is 0 Å². The molecule has 0 radical (unpaired) electrons. The molecular formula is C23H24N4O3S. The van der Waals surface area contributed by atoms with Crippen LogP contribution in [0.3, 0.4) is 0 Å². The van der Waals surface area contributed by atoms with Crippen molar-refractivity contribution in [1.82, 2.24) is 20.1 Å². The molecule has 0 saturated heterocycles. The number of hydrogen-bond donors (Lipinski definition) is 1. The Morgan fingerprint density at radius 3 is 2.61 bits per heavy atom. The highest BCUT2D eigenvalue weighted by molar-refractivity contribution is 7.92. The minimum atomic E-state index is -3.98. The molecular weight excluding hydrogens is 412 g/mol. The zero-order valence-electron chi connectivity index (χ0n) is 17.3. The maximum atomic E-state index is 13.1. The molecule has 1 amide bonds. The van der Waals surface area contributed by atoms with E-state index in [1.165, 1.54) is 23.6 Å². The van der Waals surface area contributed by atoms with Gasteiger partial charge in [0, 0.05) is 18.7 Å². The van der Waals surface area contributed by atoms with Crippen LogP contribution in [0.5, 0.6) is 0 Å². The highest BCUT2D eigenvalue weighted by Gasteiger charge is 2.36. The molecule has 31 heavy (non-hydrogen) atoms. The Morgan fingerprint density at radius 1 is 1.03 bits per heavy atom. The number of H-pyrrole nitrogens is 1. The van der Waals surface area contributed by atoms with E-state index in [0.29, 0.717) is 18.9 Å². The average Bonchev–Trinajstić information content (AvgIpc) is 3.47. The lowest BCUT2D eigenvalue weighted by Gasteiger charge is -2.30. The number of hydrogen-bond acceptors (Lipinski definition) is 5. The molecule has 1 N–H and O–H groups in total. The van der Waals surface area contributed by atoms with E-state index in [9.17, 15) is 13.2 Å². The highest BCUT2D eigenvalue weighted by atomic mass is 32.2. The molecule has 1 aliphatic heterocycles. The van der Waals surface area contributed by atoms with E-state index in [1.54, 1.807) is 4.90 Å². The third kappa shape index (κ3) is 3.54. The van der Waals surface area contributed by atoms with E-state index in [1.807, 2.05) is 36.4 Å². The largest absolute Gasteiger partial charge is 0.337 e. The Morgan fingerprint density at radius 2 is 1.77 bits per heavy atom. The van der Waals surface area contributed by atoms with Gasteiger partial charge in [-0.3, -0.25) is 4.79 Å². The van der Waals surface area contributed by atoms with Crippen LogP contribution in [0, 0.1) is 0 Å². The van der Waals surface area contributed by atoms with Crippen molar-refractivity contribution in [2.75, 3.05) is 6.54 Å². The maximum Gasteiger partial charge on any atom is 0.244 e. The fourth-order valence-electron chi connectivity index (χ4n) is 4.46. The van der Waals surface area contributed by atoms with E-state index < -0.39 is 21.0 Å². The number of benzene rings is 2. The molecule has 2 heterocycles. The predicted octanol–water partition coefficient (Wildman–Crippen LogP) is 2.71. The summed E-state index contributed by atoms with van der Waals surface area (Å²) >= 11 is 0. The van der Waals surface area contributed by atoms with Crippen LogP contribution >= 0.6 is 0 Å². The van der Waals surface area contributed by atoms with Crippen molar-refractivity contribution in [3.8, 4) is 11.4 Å². The lowest BCUT2D eigenvalue weighted by atomic mass is 10.00. The van der Waals surface area contributed by atoms with Crippen LogP contribution in [0.2, 0.25) is 0 Å². The number of carbonyl (C=O) groups excluding carboxylic acids is 1. The van der Waals surface area contributed by atoms with Crippen molar-refractivity contribution in [2.24, 2.45) is 0 Å². The molecule has 2 aliphatic rings. The number of aromatic nitrogens is 3. The maximum absolute atomic E-state index is 13.1. The summed E-state index contributed by atoms with van der Waals surface area (Å²) in [7, 11) is -3.98. The molecule has 1 unspecified atom stereocenters. The van der Waals surface area contributed by atoms with Gasteiger partial charge in [0.2, 0.25) is 20.9 Å². The summed E-state index contributed by atoms with van der Waals surface area (Å²) in [4.78, 5) is 18.9. The van der Waals surface area contributed by atoms with E-state index in [-0.39, 0.29) is 5.16 Å². The van der Waals surface area contributed by atoms with Gasteiger partial charge in [-0.25, -0.2) is 13.5 Å². The van der Waals surface area contributed by atoms with Crippen molar-refractivity contribution in [1.29, 1.82) is 0 Å². The average molecular weight is 437 g/mol. The van der Waals surface area contributed by atoms with Crippen molar-refractivity contribution in [2.45, 2.75) is 49.6 Å². The first-order valence-electron chi connectivity index (χ1n) is 10.6. The summed E-state index contributed by atoms with van der Waals surface area (Å²) in [5.74, 6) is -0.0789. The monoisotopic (exact) mass is 436 g/mol. The van der Waals surface area contributed by atoms with Crippen LogP contribution in [-0.2, 0) is 40.4 Å². The van der Waals surface area contributed by atoms with Crippen molar-refractivity contribution in [3.63, 3.8) is 0 Å². The summed E-state index contributed by atoms with van der Waals surface area (Å²) < 4.78 is 26.2. The Labute approximate surface area is 181 Å². The Bertz CT molecular complexity index is 1270. The second kappa shape index (κ2) is 7.60. The van der Waals surface area contributed by atoms with Gasteiger partial charge in [-0.1, -0.05) is 36.4 Å². The molecule has 1 atom stereocenters. The van der Waals surface area contributed by atoms with Crippen LogP contribution in [0.4, 0.5) is 0 Å². The normalized spacial score (nSPS) is 16.6. The molecule has 160 valence electrons. The second-order valence-corrected chi connectivity index (χ2v) is 10.5. The molecule has 2 aromatic carbocycles. The van der Waals surface area contributed by atoms with E-state index in [4.69, 9.17) is 0 Å². The van der Waals surface area contributed by atoms with Gasteiger partial charge in [0.25, 0.3) is 0 Å². The topological polar surface area (TPSA) is 96.0 Å². The first-order valence-corrected chi connectivity index (χ1v) is 12.1. The number of carbonyl (C=O) groups is 1. The van der Waals surface area contributed by atoms with Gasteiger partial charge >= 0.3 is 0 Å². The number of rotatable bonds is 4. The Balaban J connectivity index is 1.36. The number of aryl methyl sites for hydroxylation is 2. The molecule has 0 spiro atoms. The third-order valence-electron chi connectivity index (χ3n) is 6.35. The lowest BCUT2D eigenvalue weighted by Crippen LogP contribution is -2.44. The molecule has 5 rings (SSSR count). The van der Waals surface area contributed by atoms with Crippen LogP contribution < -0.4 is 0 Å². The number of aromatic amines is 1. The zero-order valence-corrected chi connectivity index (χ0v) is 18.2. The summed E-state index contributed by atoms with van der Waals surface area (Å²) in [5.41, 5.74) is 5.64. The van der Waals surface area contributed by atoms with Crippen LogP contribution in [0.25, 0.3) is 11.4 Å². The zero-order chi connectivity index (χ0) is 21.6. The lowest BCUT2D eigenvalue weighted by molar-refractivity contribution is -0.131. The summed E-state index contributed by atoms with van der Waals surface area (Å²) in [5, 5.41) is 5.17. The summed E-state index contributed by atoms with van der Waals surface area (Å²) in [6.45, 7) is 2.36. The number of nitrogens with one attached hydrogen (secondary N) is 1. The molecule has 7 nitrogen and oxygen atoms in total. The summed E-state index contributed by atoms with van der Waals surface area (Å²) in [6.07, 6.45) is 3.94. The molecule has 3 aromatic rings. The van der Waals surface area contributed by atoms with Crippen LogP contribution in [0.1, 0.15) is 35.6 Å². The summed E-state index contributed by atoms with van der Waals surface area (Å²) in [6, 6.07) is 13.9. The minimum Gasteiger partial charge on any atom is -0.337 e. The number of amides is 1. The van der Waals surface area contributed by atoms with E-state index >= 15 is 0 Å². The van der Waals surface area contributed by atoms with Crippen molar-refractivity contribution < 1.29 is 13.2 Å². The predicted molar refractivity (Wildman–Crippen MR) is 116 cm³/mol. The van der Waals surface area contributed by atoms with Crippen molar-refractivity contribution in [3.05, 3.63) is 64.7 Å². The van der Waals surface area contributed by atoms with Crippen LogP contribution in [0.15, 0.2) is 47.6 Å². The second-order valence-electron chi connectivity index (χ2n) is 8.27. The van der Waals surface area contributed by atoms with E-state index in [2.05, 4.69) is 21.2 Å². The third-order valence-corrected chi connectivity index (χ3v) is 8.20. The number of fused-ring (bicyclic) bond motifs is 2. The van der Waals surface area contributed by atoms with Crippen molar-refractivity contribution >= 4 is 15.7 Å². The molecule has 0 saturated carbocycles. The smallest absolute Gasteiger partial charge is 0.244 e. The van der Waals surface area contributed by atoms with Gasteiger partial charge in [0.1, 0.15) is 5.25 Å². The SMILES string of the molecule is CC(C(=O)N1CCc2ccccc2C1)S(=O)(=O)c1nc(-c2ccc3c(c2)CCC3)n[nH]1. The fourth-order valence-corrected chi connectivity index (χ4v) is 5.59. The molecule has 0 fully saturated rings. The molecule has 1 aromatic heterocycles. The van der Waals surface area contributed by atoms with Gasteiger partial charge in [0.15, 0.2) is 5.82 Å². The number of sulfone groups is 1.